The Morgan fingerprint density at radius 3 is 2.78 bits per heavy atom. The molecule has 0 unspecified atom stereocenters. The first-order valence-corrected chi connectivity index (χ1v) is 7.75. The fourth-order valence-electron chi connectivity index (χ4n) is 2.36. The molecular formula is C15H13BrN4O3. The number of H-pyrrole nitrogens is 1. The van der Waals surface area contributed by atoms with Gasteiger partial charge in [-0.25, -0.2) is 4.98 Å². The Hall–Kier alpha value is -2.48. The maximum atomic E-state index is 12.2. The average Bonchev–Trinajstić information content (AvgIpc) is 3.11. The molecule has 0 radical (unpaired) electrons. The van der Waals surface area contributed by atoms with Gasteiger partial charge in [0.1, 0.15) is 6.54 Å². The molecule has 0 saturated heterocycles. The fourth-order valence-corrected chi connectivity index (χ4v) is 2.73. The highest BCUT2D eigenvalue weighted by Gasteiger charge is 2.36. The lowest BCUT2D eigenvalue weighted by Gasteiger charge is -2.13. The number of aromatic amines is 1. The summed E-state index contributed by atoms with van der Waals surface area (Å²) in [6, 6.07) is 4.86. The maximum Gasteiger partial charge on any atom is 0.262 e. The number of hydrogen-bond donors (Lipinski definition) is 2. The second-order valence-electron chi connectivity index (χ2n) is 5.06. The van der Waals surface area contributed by atoms with E-state index in [1.165, 1.54) is 0 Å². The van der Waals surface area contributed by atoms with Crippen molar-refractivity contribution >= 4 is 33.7 Å². The number of benzene rings is 1. The molecular weight excluding hydrogens is 364 g/mol. The largest absolute Gasteiger partial charge is 0.354 e. The van der Waals surface area contributed by atoms with Crippen molar-refractivity contribution in [1.82, 2.24) is 20.2 Å². The summed E-state index contributed by atoms with van der Waals surface area (Å²) in [5.41, 5.74) is 1.54. The summed E-state index contributed by atoms with van der Waals surface area (Å²) in [4.78, 5) is 44.2. The first kappa shape index (κ1) is 15.4. The minimum absolute atomic E-state index is 0.285. The van der Waals surface area contributed by atoms with E-state index >= 15 is 0 Å². The number of nitrogens with zero attached hydrogens (tertiary/aromatic N) is 2. The summed E-state index contributed by atoms with van der Waals surface area (Å²) in [5, 5.41) is 2.69. The first-order chi connectivity index (χ1) is 11.1. The highest BCUT2D eigenvalue weighted by atomic mass is 79.9. The Kier molecular flexibility index (Phi) is 4.24. The molecule has 0 atom stereocenters. The van der Waals surface area contributed by atoms with E-state index in [1.54, 1.807) is 30.7 Å². The van der Waals surface area contributed by atoms with Crippen molar-refractivity contribution < 1.29 is 14.4 Å². The number of imidazole rings is 1. The van der Waals surface area contributed by atoms with Crippen molar-refractivity contribution in [2.45, 2.75) is 6.42 Å². The number of rotatable bonds is 5. The van der Waals surface area contributed by atoms with E-state index in [-0.39, 0.29) is 12.5 Å². The van der Waals surface area contributed by atoms with Gasteiger partial charge in [0.2, 0.25) is 5.91 Å². The lowest BCUT2D eigenvalue weighted by molar-refractivity contribution is -0.121. The molecule has 1 aliphatic heterocycles. The summed E-state index contributed by atoms with van der Waals surface area (Å²) in [7, 11) is 0. The van der Waals surface area contributed by atoms with Gasteiger partial charge in [0.05, 0.1) is 17.5 Å². The van der Waals surface area contributed by atoms with Crippen LogP contribution in [0.25, 0.3) is 0 Å². The summed E-state index contributed by atoms with van der Waals surface area (Å²) < 4.78 is 0.711. The second-order valence-corrected chi connectivity index (χ2v) is 5.98. The third-order valence-corrected chi connectivity index (χ3v) is 4.00. The summed E-state index contributed by atoms with van der Waals surface area (Å²) in [6.45, 7) is 0.114. The Morgan fingerprint density at radius 1 is 1.26 bits per heavy atom. The molecule has 118 valence electrons. The van der Waals surface area contributed by atoms with Crippen LogP contribution in [0.2, 0.25) is 0 Å². The van der Waals surface area contributed by atoms with Crippen molar-refractivity contribution in [2.24, 2.45) is 0 Å². The minimum Gasteiger partial charge on any atom is -0.354 e. The zero-order chi connectivity index (χ0) is 16.4. The summed E-state index contributed by atoms with van der Waals surface area (Å²) in [6.07, 6.45) is 3.84. The van der Waals surface area contributed by atoms with E-state index in [0.29, 0.717) is 28.6 Å². The van der Waals surface area contributed by atoms with Gasteiger partial charge < -0.3 is 10.3 Å². The quantitative estimate of drug-likeness (QED) is 0.764. The third-order valence-electron chi connectivity index (χ3n) is 3.51. The molecule has 0 bridgehead atoms. The number of aromatic nitrogens is 2. The van der Waals surface area contributed by atoms with Crippen LogP contribution in [0.1, 0.15) is 26.4 Å². The fraction of sp³-hybridized carbons (Fsp3) is 0.200. The Labute approximate surface area is 140 Å². The average molecular weight is 377 g/mol. The van der Waals surface area contributed by atoms with Gasteiger partial charge in [-0.1, -0.05) is 15.9 Å². The zero-order valence-corrected chi connectivity index (χ0v) is 13.6. The summed E-state index contributed by atoms with van der Waals surface area (Å²) >= 11 is 3.27. The molecule has 0 spiro atoms. The van der Waals surface area contributed by atoms with Crippen LogP contribution >= 0.6 is 15.9 Å². The lowest BCUT2D eigenvalue weighted by atomic mass is 10.1. The molecule has 0 saturated carbocycles. The topological polar surface area (TPSA) is 95.2 Å². The molecule has 1 aromatic heterocycles. The number of halogens is 1. The molecule has 23 heavy (non-hydrogen) atoms. The van der Waals surface area contributed by atoms with E-state index in [2.05, 4.69) is 31.2 Å². The predicted octanol–water partition coefficient (Wildman–Crippen LogP) is 1.13. The van der Waals surface area contributed by atoms with Gasteiger partial charge in [0.15, 0.2) is 0 Å². The van der Waals surface area contributed by atoms with Gasteiger partial charge in [-0.2, -0.15) is 0 Å². The lowest BCUT2D eigenvalue weighted by Crippen LogP contribution is -2.40. The smallest absolute Gasteiger partial charge is 0.262 e. The first-order valence-electron chi connectivity index (χ1n) is 6.96. The molecule has 2 N–H and O–H groups in total. The highest BCUT2D eigenvalue weighted by Crippen LogP contribution is 2.25. The normalized spacial score (nSPS) is 13.3. The highest BCUT2D eigenvalue weighted by molar-refractivity contribution is 9.10. The number of fused-ring (bicyclic) bond motifs is 1. The number of amides is 3. The van der Waals surface area contributed by atoms with Gasteiger partial charge in [-0.05, 0) is 18.2 Å². The maximum absolute atomic E-state index is 12.2. The predicted molar refractivity (Wildman–Crippen MR) is 84.8 cm³/mol. The zero-order valence-electron chi connectivity index (χ0n) is 12.0. The molecule has 3 amide bonds. The Morgan fingerprint density at radius 2 is 2.04 bits per heavy atom. The van der Waals surface area contributed by atoms with E-state index < -0.39 is 11.8 Å². The van der Waals surface area contributed by atoms with Crippen molar-refractivity contribution in [3.05, 3.63) is 52.0 Å². The van der Waals surface area contributed by atoms with Gasteiger partial charge >= 0.3 is 0 Å². The number of hydrogen-bond acceptors (Lipinski definition) is 4. The van der Waals surface area contributed by atoms with Crippen molar-refractivity contribution in [2.75, 3.05) is 13.1 Å². The third kappa shape index (κ3) is 3.16. The van der Waals surface area contributed by atoms with Crippen molar-refractivity contribution in [1.29, 1.82) is 0 Å². The van der Waals surface area contributed by atoms with Gasteiger partial charge in [-0.15, -0.1) is 0 Å². The standard InChI is InChI=1S/C15H13BrN4O3/c16-9-1-2-11-12(5-9)15(23)20(14(11)22)7-13(21)18-4-3-10-6-17-8-19-10/h1-2,5-6,8H,3-4,7H2,(H,17,19)(H,18,21). The monoisotopic (exact) mass is 376 g/mol. The minimum atomic E-state index is -0.449. The van der Waals surface area contributed by atoms with Crippen LogP contribution in [0.5, 0.6) is 0 Å². The van der Waals surface area contributed by atoms with E-state index in [9.17, 15) is 14.4 Å². The van der Waals surface area contributed by atoms with Crippen LogP contribution < -0.4 is 5.32 Å². The van der Waals surface area contributed by atoms with Crippen molar-refractivity contribution in [3.8, 4) is 0 Å². The van der Waals surface area contributed by atoms with Crippen LogP contribution in [0, 0.1) is 0 Å². The SMILES string of the molecule is O=C(CN1C(=O)c2ccc(Br)cc2C1=O)NCCc1cnc[nH]1. The van der Waals surface area contributed by atoms with Crippen LogP contribution in [0.4, 0.5) is 0 Å². The molecule has 2 aromatic rings. The molecule has 0 aliphatic carbocycles. The number of carbonyl (C=O) groups excluding carboxylic acids is 3. The molecule has 0 fully saturated rings. The number of nitrogens with one attached hydrogen (secondary N) is 2. The van der Waals surface area contributed by atoms with Gasteiger partial charge in [-0.3, -0.25) is 19.3 Å². The van der Waals surface area contributed by atoms with Crippen LogP contribution in [-0.4, -0.2) is 45.7 Å². The van der Waals surface area contributed by atoms with E-state index in [0.717, 1.165) is 10.6 Å². The Bertz CT molecular complexity index is 773. The molecule has 8 heteroatoms. The van der Waals surface area contributed by atoms with E-state index in [4.69, 9.17) is 0 Å². The van der Waals surface area contributed by atoms with Crippen LogP contribution in [0.15, 0.2) is 35.2 Å². The van der Waals surface area contributed by atoms with Crippen molar-refractivity contribution in [3.63, 3.8) is 0 Å². The molecule has 7 nitrogen and oxygen atoms in total. The second kappa shape index (κ2) is 6.33. The molecule has 3 rings (SSSR count). The molecule has 1 aromatic carbocycles. The van der Waals surface area contributed by atoms with E-state index in [1.807, 2.05) is 0 Å². The number of imide groups is 1. The molecule has 1 aliphatic rings. The van der Waals surface area contributed by atoms with Gasteiger partial charge in [0, 0.05) is 29.3 Å². The molecule has 2 heterocycles. The van der Waals surface area contributed by atoms with Gasteiger partial charge in [0.25, 0.3) is 11.8 Å². The van der Waals surface area contributed by atoms with Crippen LogP contribution in [-0.2, 0) is 11.2 Å². The number of carbonyl (C=O) groups is 3. The Balaban J connectivity index is 1.59. The summed E-state index contributed by atoms with van der Waals surface area (Å²) in [5.74, 6) is -1.27. The van der Waals surface area contributed by atoms with Crippen LogP contribution in [0.3, 0.4) is 0 Å².